The van der Waals surface area contributed by atoms with Crippen LogP contribution in [0.15, 0.2) is 24.3 Å². The average molecular weight is 326 g/mol. The lowest BCUT2D eigenvalue weighted by Crippen LogP contribution is -2.06. The van der Waals surface area contributed by atoms with Gasteiger partial charge in [0.25, 0.3) is 0 Å². The predicted octanol–water partition coefficient (Wildman–Crippen LogP) is 5.01. The molecule has 0 aromatic heterocycles. The molecule has 0 aliphatic rings. The van der Waals surface area contributed by atoms with E-state index in [2.05, 4.69) is 45.0 Å². The molecule has 3 nitrogen and oxygen atoms in total. The van der Waals surface area contributed by atoms with E-state index in [-0.39, 0.29) is 11.9 Å². The lowest BCUT2D eigenvalue weighted by atomic mass is 9.88. The van der Waals surface area contributed by atoms with E-state index in [0.29, 0.717) is 5.75 Å². The minimum absolute atomic E-state index is 0.247. The standard InChI is InChI=1S/C21H26O3/c1-12-8-18(9-13(2)20(12)23-7)16(5)19-10-14(3)21(15(4)11-19)24-17(6)22/h8-11,16H,1-7H3. The Kier molecular flexibility index (Phi) is 5.33. The van der Waals surface area contributed by atoms with Crippen LogP contribution in [-0.4, -0.2) is 13.1 Å². The molecule has 128 valence electrons. The maximum atomic E-state index is 11.3. The zero-order valence-corrected chi connectivity index (χ0v) is 15.6. The highest BCUT2D eigenvalue weighted by Gasteiger charge is 2.16. The minimum atomic E-state index is -0.289. The molecule has 2 aromatic rings. The number of esters is 1. The molecule has 3 heteroatoms. The van der Waals surface area contributed by atoms with Crippen LogP contribution in [0.3, 0.4) is 0 Å². The first-order valence-corrected chi connectivity index (χ1v) is 8.19. The van der Waals surface area contributed by atoms with Gasteiger partial charge in [-0.1, -0.05) is 31.2 Å². The quantitative estimate of drug-likeness (QED) is 0.585. The van der Waals surface area contributed by atoms with Crippen molar-refractivity contribution in [1.29, 1.82) is 0 Å². The number of methoxy groups -OCH3 is 1. The van der Waals surface area contributed by atoms with Gasteiger partial charge in [-0.15, -0.1) is 0 Å². The first-order valence-electron chi connectivity index (χ1n) is 8.19. The minimum Gasteiger partial charge on any atom is -0.496 e. The van der Waals surface area contributed by atoms with Crippen LogP contribution in [0, 0.1) is 27.7 Å². The van der Waals surface area contributed by atoms with E-state index in [0.717, 1.165) is 28.0 Å². The first kappa shape index (κ1) is 18.1. The van der Waals surface area contributed by atoms with E-state index < -0.39 is 0 Å². The second kappa shape index (κ2) is 7.08. The molecule has 0 radical (unpaired) electrons. The van der Waals surface area contributed by atoms with E-state index in [1.807, 2.05) is 13.8 Å². The highest BCUT2D eigenvalue weighted by molar-refractivity contribution is 5.70. The van der Waals surface area contributed by atoms with Gasteiger partial charge in [0.2, 0.25) is 0 Å². The summed E-state index contributed by atoms with van der Waals surface area (Å²) in [6, 6.07) is 8.57. The van der Waals surface area contributed by atoms with Crippen LogP contribution in [-0.2, 0) is 4.79 Å². The van der Waals surface area contributed by atoms with E-state index >= 15 is 0 Å². The van der Waals surface area contributed by atoms with E-state index in [9.17, 15) is 4.79 Å². The lowest BCUT2D eigenvalue weighted by molar-refractivity contribution is -0.131. The van der Waals surface area contributed by atoms with Crippen LogP contribution < -0.4 is 9.47 Å². The maximum absolute atomic E-state index is 11.3. The summed E-state index contributed by atoms with van der Waals surface area (Å²) in [6.45, 7) is 11.7. The Hall–Kier alpha value is -2.29. The molecule has 0 amide bonds. The summed E-state index contributed by atoms with van der Waals surface area (Å²) < 4.78 is 10.8. The van der Waals surface area contributed by atoms with Crippen molar-refractivity contribution in [2.75, 3.05) is 7.11 Å². The molecule has 0 spiro atoms. The molecule has 0 bridgehead atoms. The fourth-order valence-electron chi connectivity index (χ4n) is 3.29. The van der Waals surface area contributed by atoms with Crippen molar-refractivity contribution >= 4 is 5.97 Å². The maximum Gasteiger partial charge on any atom is 0.308 e. The zero-order valence-electron chi connectivity index (χ0n) is 15.6. The summed E-state index contributed by atoms with van der Waals surface area (Å²) in [5, 5.41) is 0. The molecule has 2 aromatic carbocycles. The highest BCUT2D eigenvalue weighted by atomic mass is 16.5. The Morgan fingerprint density at radius 2 is 1.21 bits per heavy atom. The van der Waals surface area contributed by atoms with Gasteiger partial charge in [-0.25, -0.2) is 0 Å². The van der Waals surface area contributed by atoms with Gasteiger partial charge in [0.15, 0.2) is 0 Å². The fraction of sp³-hybridized carbons (Fsp3) is 0.381. The highest BCUT2D eigenvalue weighted by Crippen LogP contribution is 2.34. The summed E-state index contributed by atoms with van der Waals surface area (Å²) in [6.07, 6.45) is 0. The third-order valence-electron chi connectivity index (χ3n) is 4.42. The van der Waals surface area contributed by atoms with Gasteiger partial charge in [-0.05, 0) is 61.1 Å². The normalized spacial score (nSPS) is 12.0. The molecule has 2 rings (SSSR count). The number of hydrogen-bond donors (Lipinski definition) is 0. The largest absolute Gasteiger partial charge is 0.496 e. The Labute approximate surface area is 144 Å². The fourth-order valence-corrected chi connectivity index (χ4v) is 3.29. The molecule has 0 fully saturated rings. The first-order chi connectivity index (χ1) is 11.2. The number of carbonyl (C=O) groups excluding carboxylic acids is 1. The molecule has 1 atom stereocenters. The van der Waals surface area contributed by atoms with Crippen molar-refractivity contribution in [3.05, 3.63) is 57.6 Å². The van der Waals surface area contributed by atoms with Gasteiger partial charge in [0, 0.05) is 12.8 Å². The van der Waals surface area contributed by atoms with E-state index in [1.165, 1.54) is 18.1 Å². The van der Waals surface area contributed by atoms with Gasteiger partial charge in [-0.2, -0.15) is 0 Å². The van der Waals surface area contributed by atoms with Crippen LogP contribution in [0.25, 0.3) is 0 Å². The van der Waals surface area contributed by atoms with Crippen molar-refractivity contribution < 1.29 is 14.3 Å². The third-order valence-corrected chi connectivity index (χ3v) is 4.42. The number of aryl methyl sites for hydroxylation is 4. The molecule has 1 unspecified atom stereocenters. The number of ether oxygens (including phenoxy) is 2. The molecule has 0 N–H and O–H groups in total. The van der Waals surface area contributed by atoms with Crippen LogP contribution in [0.5, 0.6) is 11.5 Å². The molecule has 0 saturated heterocycles. The summed E-state index contributed by atoms with van der Waals surface area (Å²) in [5.74, 6) is 1.57. The van der Waals surface area contributed by atoms with Gasteiger partial charge in [0.05, 0.1) is 7.11 Å². The zero-order chi connectivity index (χ0) is 18.0. The van der Waals surface area contributed by atoms with Crippen LogP contribution in [0.2, 0.25) is 0 Å². The third kappa shape index (κ3) is 3.61. The SMILES string of the molecule is COc1c(C)cc(C(C)c2cc(C)c(OC(C)=O)c(C)c2)cc1C. The Balaban J connectivity index is 2.43. The molecule has 24 heavy (non-hydrogen) atoms. The van der Waals surface area contributed by atoms with Crippen molar-refractivity contribution in [3.8, 4) is 11.5 Å². The summed E-state index contributed by atoms with van der Waals surface area (Å²) in [4.78, 5) is 11.3. The van der Waals surface area contributed by atoms with Gasteiger partial charge in [-0.3, -0.25) is 4.79 Å². The van der Waals surface area contributed by atoms with Gasteiger partial charge in [0.1, 0.15) is 11.5 Å². The molecular formula is C21H26O3. The average Bonchev–Trinajstić information content (AvgIpc) is 2.49. The van der Waals surface area contributed by atoms with Crippen molar-refractivity contribution in [2.24, 2.45) is 0 Å². The number of benzene rings is 2. The van der Waals surface area contributed by atoms with Gasteiger partial charge < -0.3 is 9.47 Å². The van der Waals surface area contributed by atoms with Crippen molar-refractivity contribution in [1.82, 2.24) is 0 Å². The second-order valence-corrected chi connectivity index (χ2v) is 6.49. The topological polar surface area (TPSA) is 35.5 Å². The van der Waals surface area contributed by atoms with Crippen molar-refractivity contribution in [3.63, 3.8) is 0 Å². The summed E-state index contributed by atoms with van der Waals surface area (Å²) >= 11 is 0. The molecular weight excluding hydrogens is 300 g/mol. The van der Waals surface area contributed by atoms with Gasteiger partial charge >= 0.3 is 5.97 Å². The summed E-state index contributed by atoms with van der Waals surface area (Å²) in [5.41, 5.74) is 6.71. The molecule has 0 aliphatic heterocycles. The van der Waals surface area contributed by atoms with E-state index in [4.69, 9.17) is 9.47 Å². The molecule has 0 aliphatic carbocycles. The monoisotopic (exact) mass is 326 g/mol. The second-order valence-electron chi connectivity index (χ2n) is 6.49. The summed E-state index contributed by atoms with van der Waals surface area (Å²) in [7, 11) is 1.71. The number of carbonyl (C=O) groups is 1. The molecule has 0 saturated carbocycles. The predicted molar refractivity (Wildman–Crippen MR) is 97.2 cm³/mol. The Bertz CT molecular complexity index is 729. The van der Waals surface area contributed by atoms with Crippen LogP contribution >= 0.6 is 0 Å². The lowest BCUT2D eigenvalue weighted by Gasteiger charge is -2.19. The molecule has 0 heterocycles. The number of hydrogen-bond acceptors (Lipinski definition) is 3. The van der Waals surface area contributed by atoms with E-state index in [1.54, 1.807) is 7.11 Å². The van der Waals surface area contributed by atoms with Crippen LogP contribution in [0.4, 0.5) is 0 Å². The van der Waals surface area contributed by atoms with Crippen molar-refractivity contribution in [2.45, 2.75) is 47.5 Å². The Morgan fingerprint density at radius 3 is 1.54 bits per heavy atom. The Morgan fingerprint density at radius 1 is 0.833 bits per heavy atom. The number of rotatable bonds is 4. The van der Waals surface area contributed by atoms with Crippen LogP contribution in [0.1, 0.15) is 53.1 Å². The smallest absolute Gasteiger partial charge is 0.308 e.